The zero-order valence-corrected chi connectivity index (χ0v) is 25.5. The molecule has 0 aliphatic heterocycles. The molecule has 3 aromatic carbocycles. The molecule has 1 N–H and O–H groups in total. The van der Waals surface area contributed by atoms with E-state index >= 15 is 0 Å². The van der Waals surface area contributed by atoms with Crippen molar-refractivity contribution in [3.63, 3.8) is 0 Å². The number of carbonyl (C=O) groups is 1. The van der Waals surface area contributed by atoms with Gasteiger partial charge in [-0.25, -0.2) is 9.37 Å². The highest BCUT2D eigenvalue weighted by molar-refractivity contribution is 9.10. The van der Waals surface area contributed by atoms with Gasteiger partial charge in [0.05, 0.1) is 23.7 Å². The third-order valence-electron chi connectivity index (χ3n) is 5.62. The Morgan fingerprint density at radius 1 is 1.10 bits per heavy atom. The van der Waals surface area contributed by atoms with Crippen molar-refractivity contribution in [3.05, 3.63) is 91.1 Å². The average molecular weight is 674 g/mol. The lowest BCUT2D eigenvalue weighted by molar-refractivity contribution is -0.118. The second-order valence-electron chi connectivity index (χ2n) is 9.81. The molecule has 208 valence electrons. The third kappa shape index (κ3) is 6.95. The average Bonchev–Trinajstić information content (AvgIpc) is 2.88. The minimum absolute atomic E-state index is 0.294. The lowest BCUT2D eigenvalue weighted by atomic mass is 9.95. The second-order valence-corrected chi connectivity index (χ2v) is 11.6. The van der Waals surface area contributed by atoms with E-state index in [1.54, 1.807) is 30.3 Å². The van der Waals surface area contributed by atoms with Gasteiger partial charge in [0, 0.05) is 25.6 Å². The number of rotatable bonds is 8. The molecule has 4 aromatic rings. The van der Waals surface area contributed by atoms with Gasteiger partial charge < -0.3 is 14.8 Å². The number of nitrogens with zero attached hydrogens (tertiary/aromatic N) is 3. The van der Waals surface area contributed by atoms with E-state index in [0.29, 0.717) is 50.6 Å². The number of ether oxygens (including phenoxy) is 2. The molecule has 0 fully saturated rings. The summed E-state index contributed by atoms with van der Waals surface area (Å²) in [5, 5.41) is 7.55. The summed E-state index contributed by atoms with van der Waals surface area (Å²) < 4.78 is 27.5. The molecule has 1 amide bonds. The fourth-order valence-corrected chi connectivity index (χ4v) is 4.58. The van der Waals surface area contributed by atoms with Gasteiger partial charge in [0.15, 0.2) is 18.1 Å². The van der Waals surface area contributed by atoms with Gasteiger partial charge in [0.25, 0.3) is 11.5 Å². The number of carbonyl (C=O) groups excluding carboxylic acids is 1. The Morgan fingerprint density at radius 3 is 2.55 bits per heavy atom. The molecule has 0 bridgehead atoms. The number of anilines is 1. The predicted octanol–water partition coefficient (Wildman–Crippen LogP) is 6.66. The Balaban J connectivity index is 1.64. The van der Waals surface area contributed by atoms with E-state index in [9.17, 15) is 14.0 Å². The maximum Gasteiger partial charge on any atom is 0.282 e. The maximum absolute atomic E-state index is 13.4. The van der Waals surface area contributed by atoms with Gasteiger partial charge in [-0.05, 0) is 71.4 Å². The first-order valence-corrected chi connectivity index (χ1v) is 14.0. The third-order valence-corrected chi connectivity index (χ3v) is 6.80. The van der Waals surface area contributed by atoms with Crippen LogP contribution in [0, 0.1) is 5.82 Å². The summed E-state index contributed by atoms with van der Waals surface area (Å²) in [4.78, 5) is 30.5. The normalized spacial score (nSPS) is 11.7. The van der Waals surface area contributed by atoms with E-state index in [0.717, 1.165) is 4.47 Å². The summed E-state index contributed by atoms with van der Waals surface area (Å²) in [5.41, 5.74) is 0.771. The van der Waals surface area contributed by atoms with Gasteiger partial charge in [-0.1, -0.05) is 42.8 Å². The standard InChI is InChI=1S/C29H27Br2FN4O4/c1-5-39-24-11-17(22(31)14-25(24)40-16-26(37)34-20-8-6-7-19(32)13-20)15-33-36-27(38)21-12-18(30)9-10-23(21)35-28(36)29(2,3)4/h6-15H,5,16H2,1-4H3,(H,34,37). The van der Waals surface area contributed by atoms with E-state index in [1.165, 1.54) is 29.1 Å². The highest BCUT2D eigenvalue weighted by Crippen LogP contribution is 2.33. The lowest BCUT2D eigenvalue weighted by Gasteiger charge is -2.21. The molecule has 0 radical (unpaired) electrons. The maximum atomic E-state index is 13.4. The van der Waals surface area contributed by atoms with E-state index in [1.807, 2.05) is 33.8 Å². The predicted molar refractivity (Wildman–Crippen MR) is 161 cm³/mol. The molecular weight excluding hydrogens is 647 g/mol. The van der Waals surface area contributed by atoms with E-state index in [-0.39, 0.29) is 12.2 Å². The number of fused-ring (bicyclic) bond motifs is 1. The first kappa shape index (κ1) is 29.4. The molecule has 11 heteroatoms. The van der Waals surface area contributed by atoms with Crippen molar-refractivity contribution in [2.75, 3.05) is 18.5 Å². The Hall–Kier alpha value is -3.57. The largest absolute Gasteiger partial charge is 0.490 e. The minimum atomic E-state index is -0.463. The molecule has 0 spiro atoms. The van der Waals surface area contributed by atoms with Gasteiger partial charge in [-0.3, -0.25) is 9.59 Å². The van der Waals surface area contributed by atoms with Gasteiger partial charge in [0.2, 0.25) is 0 Å². The Kier molecular flexibility index (Phi) is 9.05. The first-order valence-electron chi connectivity index (χ1n) is 12.4. The van der Waals surface area contributed by atoms with Crippen molar-refractivity contribution in [2.24, 2.45) is 5.10 Å². The van der Waals surface area contributed by atoms with Gasteiger partial charge in [0.1, 0.15) is 11.6 Å². The molecular formula is C29H27Br2FN4O4. The Bertz CT molecular complexity index is 1660. The van der Waals surface area contributed by atoms with Crippen LogP contribution in [0.25, 0.3) is 10.9 Å². The SMILES string of the molecule is CCOc1cc(C=Nn2c(C(C)(C)C)nc3ccc(Br)cc3c2=O)c(Br)cc1OCC(=O)Nc1cccc(F)c1. The summed E-state index contributed by atoms with van der Waals surface area (Å²) >= 11 is 6.94. The molecule has 0 saturated carbocycles. The van der Waals surface area contributed by atoms with Crippen LogP contribution in [-0.4, -0.2) is 35.0 Å². The number of nitrogens with one attached hydrogen (secondary N) is 1. The molecule has 0 aliphatic carbocycles. The number of amides is 1. The summed E-state index contributed by atoms with van der Waals surface area (Å²) in [6.45, 7) is 7.74. The number of hydrogen-bond donors (Lipinski definition) is 1. The summed E-state index contributed by atoms with van der Waals surface area (Å²) in [7, 11) is 0. The molecule has 40 heavy (non-hydrogen) atoms. The van der Waals surface area contributed by atoms with Crippen LogP contribution in [0.1, 0.15) is 39.1 Å². The second kappa shape index (κ2) is 12.3. The number of hydrogen-bond acceptors (Lipinski definition) is 6. The number of aromatic nitrogens is 2. The van der Waals surface area contributed by atoms with E-state index < -0.39 is 17.1 Å². The Labute approximate surface area is 247 Å². The monoisotopic (exact) mass is 672 g/mol. The summed E-state index contributed by atoms with van der Waals surface area (Å²) in [5.74, 6) is 0.302. The highest BCUT2D eigenvalue weighted by atomic mass is 79.9. The fraction of sp³-hybridized carbons (Fsp3) is 0.241. The van der Waals surface area contributed by atoms with Crippen molar-refractivity contribution in [1.82, 2.24) is 9.66 Å². The molecule has 8 nitrogen and oxygen atoms in total. The van der Waals surface area contributed by atoms with Crippen molar-refractivity contribution >= 4 is 60.6 Å². The van der Waals surface area contributed by atoms with Crippen LogP contribution >= 0.6 is 31.9 Å². The highest BCUT2D eigenvalue weighted by Gasteiger charge is 2.23. The zero-order chi connectivity index (χ0) is 29.0. The Morgan fingerprint density at radius 2 is 1.85 bits per heavy atom. The van der Waals surface area contributed by atoms with Gasteiger partial charge in [-0.15, -0.1) is 0 Å². The first-order chi connectivity index (χ1) is 19.0. The van der Waals surface area contributed by atoms with Crippen LogP contribution in [0.4, 0.5) is 10.1 Å². The fourth-order valence-electron chi connectivity index (χ4n) is 3.80. The summed E-state index contributed by atoms with van der Waals surface area (Å²) in [6, 6.07) is 14.3. The van der Waals surface area contributed by atoms with Crippen LogP contribution in [0.15, 0.2) is 73.4 Å². The minimum Gasteiger partial charge on any atom is -0.490 e. The van der Waals surface area contributed by atoms with Crippen molar-refractivity contribution in [1.29, 1.82) is 0 Å². The van der Waals surface area contributed by atoms with Crippen LogP contribution in [0.5, 0.6) is 11.5 Å². The van der Waals surface area contributed by atoms with Crippen LogP contribution in [0.2, 0.25) is 0 Å². The van der Waals surface area contributed by atoms with E-state index in [2.05, 4.69) is 42.3 Å². The molecule has 0 atom stereocenters. The summed E-state index contributed by atoms with van der Waals surface area (Å²) in [6.07, 6.45) is 1.54. The van der Waals surface area contributed by atoms with Crippen LogP contribution in [-0.2, 0) is 10.2 Å². The van der Waals surface area contributed by atoms with Gasteiger partial charge in [-0.2, -0.15) is 9.78 Å². The van der Waals surface area contributed by atoms with Crippen molar-refractivity contribution in [2.45, 2.75) is 33.1 Å². The van der Waals surface area contributed by atoms with Crippen LogP contribution < -0.4 is 20.3 Å². The number of benzene rings is 3. The molecule has 0 unspecified atom stereocenters. The molecule has 4 rings (SSSR count). The molecule has 1 heterocycles. The topological polar surface area (TPSA) is 94.8 Å². The molecule has 0 saturated heterocycles. The van der Waals surface area contributed by atoms with Crippen LogP contribution in [0.3, 0.4) is 0 Å². The molecule has 1 aromatic heterocycles. The molecule has 0 aliphatic rings. The quantitative estimate of drug-likeness (QED) is 0.211. The smallest absolute Gasteiger partial charge is 0.282 e. The van der Waals surface area contributed by atoms with Gasteiger partial charge >= 0.3 is 0 Å². The number of halogens is 3. The van der Waals surface area contributed by atoms with Crippen molar-refractivity contribution < 1.29 is 18.7 Å². The lowest BCUT2D eigenvalue weighted by Crippen LogP contribution is -2.29. The zero-order valence-electron chi connectivity index (χ0n) is 22.3. The van der Waals surface area contributed by atoms with Crippen molar-refractivity contribution in [3.8, 4) is 11.5 Å². The van der Waals surface area contributed by atoms with E-state index in [4.69, 9.17) is 14.5 Å².